The Morgan fingerprint density at radius 2 is 2.04 bits per heavy atom. The normalized spacial score (nSPS) is 16.2. The lowest BCUT2D eigenvalue weighted by atomic mass is 10.3. The van der Waals surface area contributed by atoms with E-state index in [2.05, 4.69) is 14.9 Å². The molecule has 128 valence electrons. The summed E-state index contributed by atoms with van der Waals surface area (Å²) in [5.41, 5.74) is -1.18. The van der Waals surface area contributed by atoms with E-state index in [1.165, 1.54) is 10.8 Å². The summed E-state index contributed by atoms with van der Waals surface area (Å²) in [6.45, 7) is 6.86. The maximum Gasteiger partial charge on any atom is 0.331 e. The highest BCUT2D eigenvalue weighted by Crippen LogP contribution is 2.09. The second-order valence-corrected chi connectivity index (χ2v) is 5.49. The van der Waals surface area contributed by atoms with Crippen molar-refractivity contribution < 1.29 is 9.84 Å². The fraction of sp³-hybridized carbons (Fsp3) is 0.667. The molecular formula is C15H24N4O4. The first-order valence-electron chi connectivity index (χ1n) is 7.99. The minimum Gasteiger partial charge on any atom is -0.494 e. The minimum atomic E-state index is -0.615. The molecule has 1 aliphatic rings. The summed E-state index contributed by atoms with van der Waals surface area (Å²) in [4.78, 5) is 32.2. The molecule has 2 rings (SSSR count). The van der Waals surface area contributed by atoms with Gasteiger partial charge in [-0.25, -0.2) is 4.79 Å². The number of nitrogens with one attached hydrogen (secondary N) is 1. The number of hydrogen-bond acceptors (Lipinski definition) is 6. The number of H-pyrrole nitrogens is 1. The van der Waals surface area contributed by atoms with Crippen LogP contribution in [-0.4, -0.2) is 65.2 Å². The lowest BCUT2D eigenvalue weighted by Gasteiger charge is -2.25. The van der Waals surface area contributed by atoms with Gasteiger partial charge in [0.2, 0.25) is 5.88 Å². The van der Waals surface area contributed by atoms with Gasteiger partial charge in [-0.15, -0.1) is 0 Å². The van der Waals surface area contributed by atoms with E-state index < -0.39 is 11.2 Å². The van der Waals surface area contributed by atoms with E-state index in [1.807, 2.05) is 6.92 Å². The van der Waals surface area contributed by atoms with Crippen molar-refractivity contribution in [2.75, 3.05) is 39.4 Å². The van der Waals surface area contributed by atoms with E-state index in [0.29, 0.717) is 13.1 Å². The van der Waals surface area contributed by atoms with E-state index in [0.717, 1.165) is 45.7 Å². The molecule has 0 saturated carbocycles. The predicted molar refractivity (Wildman–Crippen MR) is 87.6 cm³/mol. The van der Waals surface area contributed by atoms with Crippen molar-refractivity contribution in [1.29, 1.82) is 0 Å². The lowest BCUT2D eigenvalue weighted by molar-refractivity contribution is 0.0395. The summed E-state index contributed by atoms with van der Waals surface area (Å²) in [5, 5.41) is 10.1. The second-order valence-electron chi connectivity index (χ2n) is 5.49. The molecule has 0 atom stereocenters. The van der Waals surface area contributed by atoms with Crippen molar-refractivity contribution >= 4 is 6.21 Å². The van der Waals surface area contributed by atoms with Crippen LogP contribution in [0.15, 0.2) is 14.6 Å². The highest BCUT2D eigenvalue weighted by molar-refractivity contribution is 5.81. The number of aromatic hydroxyl groups is 1. The first kappa shape index (κ1) is 17.4. The standard InChI is InChI=1S/C15H24N4O4/c1-2-3-5-19-14(21)12(13(20)17-15(19)22)11-16-4-6-18-7-9-23-10-8-18/h11,21H,2-10H2,1H3,(H,17,20,22). The topological polar surface area (TPSA) is 99.9 Å². The Morgan fingerprint density at radius 1 is 1.30 bits per heavy atom. The third-order valence-corrected chi connectivity index (χ3v) is 3.81. The Kier molecular flexibility index (Phi) is 6.54. The number of morpholine rings is 1. The molecule has 2 N–H and O–H groups in total. The highest BCUT2D eigenvalue weighted by atomic mass is 16.5. The van der Waals surface area contributed by atoms with Crippen LogP contribution in [0.1, 0.15) is 25.3 Å². The van der Waals surface area contributed by atoms with Crippen LogP contribution in [0.25, 0.3) is 0 Å². The maximum atomic E-state index is 11.8. The molecule has 8 nitrogen and oxygen atoms in total. The molecule has 2 heterocycles. The molecule has 8 heteroatoms. The van der Waals surface area contributed by atoms with Crippen molar-refractivity contribution in [3.63, 3.8) is 0 Å². The number of unbranched alkanes of at least 4 members (excludes halogenated alkanes) is 1. The van der Waals surface area contributed by atoms with Gasteiger partial charge in [0.15, 0.2) is 0 Å². The SMILES string of the molecule is CCCCn1c(O)c(C=NCCN2CCOCC2)c(=O)[nH]c1=O. The van der Waals surface area contributed by atoms with Gasteiger partial charge in [-0.1, -0.05) is 13.3 Å². The number of rotatable bonds is 7. The van der Waals surface area contributed by atoms with E-state index in [1.54, 1.807) is 0 Å². The average molecular weight is 324 g/mol. The summed E-state index contributed by atoms with van der Waals surface area (Å²) >= 11 is 0. The molecule has 1 aromatic rings. The summed E-state index contributed by atoms with van der Waals surface area (Å²) in [7, 11) is 0. The Bertz CT molecular complexity index is 644. The molecule has 0 radical (unpaired) electrons. The van der Waals surface area contributed by atoms with Crippen LogP contribution in [0.2, 0.25) is 0 Å². The van der Waals surface area contributed by atoms with Gasteiger partial charge in [0.25, 0.3) is 5.56 Å². The third kappa shape index (κ3) is 4.77. The molecule has 1 saturated heterocycles. The monoisotopic (exact) mass is 324 g/mol. The van der Waals surface area contributed by atoms with Crippen LogP contribution >= 0.6 is 0 Å². The quantitative estimate of drug-likeness (QED) is 0.676. The van der Waals surface area contributed by atoms with Crippen molar-refractivity contribution in [2.45, 2.75) is 26.3 Å². The molecule has 0 aromatic carbocycles. The average Bonchev–Trinajstić information content (AvgIpc) is 2.54. The molecule has 0 aliphatic carbocycles. The fourth-order valence-corrected chi connectivity index (χ4v) is 2.39. The molecule has 0 bridgehead atoms. The zero-order valence-corrected chi connectivity index (χ0v) is 13.5. The van der Waals surface area contributed by atoms with E-state index in [9.17, 15) is 14.7 Å². The molecular weight excluding hydrogens is 300 g/mol. The van der Waals surface area contributed by atoms with Crippen LogP contribution in [-0.2, 0) is 11.3 Å². The first-order chi connectivity index (χ1) is 11.1. The van der Waals surface area contributed by atoms with Gasteiger partial charge in [-0.3, -0.25) is 24.2 Å². The van der Waals surface area contributed by atoms with Crippen molar-refractivity contribution in [2.24, 2.45) is 4.99 Å². The van der Waals surface area contributed by atoms with Gasteiger partial charge in [0, 0.05) is 32.4 Å². The molecule has 0 spiro atoms. The smallest absolute Gasteiger partial charge is 0.331 e. The number of aromatic amines is 1. The number of ether oxygens (including phenoxy) is 1. The number of hydrogen-bond donors (Lipinski definition) is 2. The van der Waals surface area contributed by atoms with Gasteiger partial charge >= 0.3 is 5.69 Å². The van der Waals surface area contributed by atoms with Gasteiger partial charge in [0.1, 0.15) is 5.56 Å². The van der Waals surface area contributed by atoms with E-state index in [4.69, 9.17) is 4.74 Å². The fourth-order valence-electron chi connectivity index (χ4n) is 2.39. The summed E-state index contributed by atoms with van der Waals surface area (Å²) in [6.07, 6.45) is 2.97. The zero-order chi connectivity index (χ0) is 16.7. The van der Waals surface area contributed by atoms with Gasteiger partial charge in [-0.2, -0.15) is 0 Å². The molecule has 1 aliphatic heterocycles. The van der Waals surface area contributed by atoms with Crippen molar-refractivity contribution in [1.82, 2.24) is 14.5 Å². The predicted octanol–water partition coefficient (Wildman–Crippen LogP) is -0.207. The van der Waals surface area contributed by atoms with Crippen LogP contribution in [0.4, 0.5) is 0 Å². The van der Waals surface area contributed by atoms with Gasteiger partial charge in [-0.05, 0) is 6.42 Å². The van der Waals surface area contributed by atoms with Crippen LogP contribution in [0.5, 0.6) is 5.88 Å². The van der Waals surface area contributed by atoms with Gasteiger partial charge in [0.05, 0.1) is 19.8 Å². The van der Waals surface area contributed by atoms with Crippen molar-refractivity contribution in [3.05, 3.63) is 26.4 Å². The maximum absolute atomic E-state index is 11.8. The summed E-state index contributed by atoms with van der Waals surface area (Å²) < 4.78 is 6.45. The second kappa shape index (κ2) is 8.64. The Morgan fingerprint density at radius 3 is 2.74 bits per heavy atom. The highest BCUT2D eigenvalue weighted by Gasteiger charge is 2.12. The number of nitrogens with zero attached hydrogens (tertiary/aromatic N) is 3. The Balaban J connectivity index is 2.04. The lowest BCUT2D eigenvalue weighted by Crippen LogP contribution is -2.37. The third-order valence-electron chi connectivity index (χ3n) is 3.81. The number of aliphatic imine (C=N–C) groups is 1. The van der Waals surface area contributed by atoms with Crippen LogP contribution in [0.3, 0.4) is 0 Å². The molecule has 1 fully saturated rings. The molecule has 0 amide bonds. The van der Waals surface area contributed by atoms with Crippen molar-refractivity contribution in [3.8, 4) is 5.88 Å². The number of aromatic nitrogens is 2. The summed E-state index contributed by atoms with van der Waals surface area (Å²) in [6, 6.07) is 0. The van der Waals surface area contributed by atoms with Gasteiger partial charge < -0.3 is 9.84 Å². The van der Waals surface area contributed by atoms with E-state index >= 15 is 0 Å². The first-order valence-corrected chi connectivity index (χ1v) is 7.99. The molecule has 1 aromatic heterocycles. The molecule has 0 unspecified atom stereocenters. The Labute approximate surface area is 134 Å². The largest absolute Gasteiger partial charge is 0.494 e. The van der Waals surface area contributed by atoms with Crippen LogP contribution in [0, 0.1) is 0 Å². The minimum absolute atomic E-state index is 0.0303. The molecule has 23 heavy (non-hydrogen) atoms. The Hall–Kier alpha value is -1.93. The van der Waals surface area contributed by atoms with E-state index in [-0.39, 0.29) is 11.4 Å². The zero-order valence-electron chi connectivity index (χ0n) is 13.5. The van der Waals surface area contributed by atoms with Crippen LogP contribution < -0.4 is 11.2 Å². The summed E-state index contributed by atoms with van der Waals surface area (Å²) in [5.74, 6) is -0.317.